The molecule has 0 aliphatic heterocycles. The lowest BCUT2D eigenvalue weighted by Crippen LogP contribution is -2.29. The topological polar surface area (TPSA) is 52.0 Å². The smallest absolute Gasteiger partial charge is 0.398 e. The molecular weight excluding hydrogens is 308 g/mol. The lowest BCUT2D eigenvalue weighted by molar-refractivity contribution is -0.149. The molecule has 0 spiro atoms. The molecule has 14 heavy (non-hydrogen) atoms. The molecule has 0 saturated carbocycles. The molecule has 0 saturated heterocycles. The average Bonchev–Trinajstić information content (AvgIpc) is 2.06. The summed E-state index contributed by atoms with van der Waals surface area (Å²) in [4.78, 5) is 0. The van der Waals surface area contributed by atoms with Crippen molar-refractivity contribution >= 4 is 28.3 Å². The van der Waals surface area contributed by atoms with Crippen LogP contribution in [0.4, 0.5) is 18.9 Å². The molecule has 0 aliphatic rings. The molecule has 0 aliphatic carbocycles. The minimum atomic E-state index is -4.46. The summed E-state index contributed by atoms with van der Waals surface area (Å²) in [7, 11) is 0. The van der Waals surface area contributed by atoms with Crippen molar-refractivity contribution in [3.05, 3.63) is 27.3 Å². The number of hydrogen-bond donors (Lipinski definition) is 2. The van der Waals surface area contributed by atoms with Gasteiger partial charge in [-0.1, -0.05) is 0 Å². The minimum Gasteiger partial charge on any atom is -0.398 e. The standard InChI is InChI=1S/C8H8F3IN2/c9-8(10,11)7(14)5-3-4(12)1-2-6(5)13/h1-3,7H,13-14H2/t7-/m1/s1. The van der Waals surface area contributed by atoms with E-state index in [9.17, 15) is 13.2 Å². The van der Waals surface area contributed by atoms with E-state index in [1.165, 1.54) is 12.1 Å². The van der Waals surface area contributed by atoms with Gasteiger partial charge in [-0.2, -0.15) is 13.2 Å². The maximum absolute atomic E-state index is 12.3. The predicted molar refractivity (Wildman–Crippen MR) is 56.6 cm³/mol. The van der Waals surface area contributed by atoms with Gasteiger partial charge in [0.15, 0.2) is 0 Å². The summed E-state index contributed by atoms with van der Waals surface area (Å²) in [6.07, 6.45) is -4.46. The zero-order valence-electron chi connectivity index (χ0n) is 6.98. The number of rotatable bonds is 1. The molecule has 6 heteroatoms. The Morgan fingerprint density at radius 2 is 1.86 bits per heavy atom. The van der Waals surface area contributed by atoms with Gasteiger partial charge in [-0.25, -0.2) is 0 Å². The van der Waals surface area contributed by atoms with E-state index in [2.05, 4.69) is 0 Å². The van der Waals surface area contributed by atoms with E-state index in [1.54, 1.807) is 6.07 Å². The van der Waals surface area contributed by atoms with Crippen molar-refractivity contribution in [2.24, 2.45) is 5.73 Å². The predicted octanol–water partition coefficient (Wildman–Crippen LogP) is 2.44. The van der Waals surface area contributed by atoms with Crippen LogP contribution in [-0.4, -0.2) is 6.18 Å². The maximum Gasteiger partial charge on any atom is 0.407 e. The molecule has 1 rings (SSSR count). The van der Waals surface area contributed by atoms with Crippen molar-refractivity contribution in [3.8, 4) is 0 Å². The van der Waals surface area contributed by atoms with Crippen molar-refractivity contribution in [2.75, 3.05) is 5.73 Å². The van der Waals surface area contributed by atoms with Crippen LogP contribution in [0.1, 0.15) is 11.6 Å². The highest BCUT2D eigenvalue weighted by Gasteiger charge is 2.38. The third-order valence-corrected chi connectivity index (χ3v) is 2.41. The van der Waals surface area contributed by atoms with E-state index in [1.807, 2.05) is 22.6 Å². The first-order chi connectivity index (χ1) is 6.32. The van der Waals surface area contributed by atoms with E-state index in [-0.39, 0.29) is 11.3 Å². The summed E-state index contributed by atoms with van der Waals surface area (Å²) in [6, 6.07) is 2.37. The molecule has 1 aromatic rings. The highest BCUT2D eigenvalue weighted by Crippen LogP contribution is 2.33. The van der Waals surface area contributed by atoms with Crippen LogP contribution in [-0.2, 0) is 0 Å². The Labute approximate surface area is 92.6 Å². The zero-order valence-corrected chi connectivity index (χ0v) is 9.13. The van der Waals surface area contributed by atoms with Crippen LogP contribution in [0.3, 0.4) is 0 Å². The van der Waals surface area contributed by atoms with Gasteiger partial charge in [0.2, 0.25) is 0 Å². The molecule has 0 heterocycles. The quantitative estimate of drug-likeness (QED) is 0.618. The maximum atomic E-state index is 12.3. The van der Waals surface area contributed by atoms with E-state index in [0.29, 0.717) is 3.57 Å². The first-order valence-electron chi connectivity index (χ1n) is 3.69. The minimum absolute atomic E-state index is 0.0650. The fourth-order valence-electron chi connectivity index (χ4n) is 0.991. The van der Waals surface area contributed by atoms with Gasteiger partial charge in [-0.15, -0.1) is 0 Å². The van der Waals surface area contributed by atoms with Crippen molar-refractivity contribution < 1.29 is 13.2 Å². The second-order valence-electron chi connectivity index (χ2n) is 2.79. The Morgan fingerprint density at radius 1 is 1.29 bits per heavy atom. The molecule has 1 atom stereocenters. The Balaban J connectivity index is 3.12. The number of hydrogen-bond acceptors (Lipinski definition) is 2. The van der Waals surface area contributed by atoms with Crippen LogP contribution in [0.2, 0.25) is 0 Å². The number of nitrogen functional groups attached to an aromatic ring is 1. The normalized spacial score (nSPS) is 14.1. The van der Waals surface area contributed by atoms with Gasteiger partial charge in [0.05, 0.1) is 0 Å². The summed E-state index contributed by atoms with van der Waals surface area (Å²) in [5, 5.41) is 0. The molecular formula is C8H8F3IN2. The summed E-state index contributed by atoms with van der Waals surface area (Å²) in [6.45, 7) is 0. The molecule has 0 fully saturated rings. The summed E-state index contributed by atoms with van der Waals surface area (Å²) >= 11 is 1.91. The molecule has 0 unspecified atom stereocenters. The van der Waals surface area contributed by atoms with Crippen molar-refractivity contribution in [2.45, 2.75) is 12.2 Å². The van der Waals surface area contributed by atoms with Gasteiger partial charge in [-0.05, 0) is 40.8 Å². The third-order valence-electron chi connectivity index (χ3n) is 1.74. The van der Waals surface area contributed by atoms with E-state index in [0.717, 1.165) is 0 Å². The Bertz CT molecular complexity index is 338. The first kappa shape index (κ1) is 11.6. The van der Waals surface area contributed by atoms with Crippen LogP contribution in [0.25, 0.3) is 0 Å². The second-order valence-corrected chi connectivity index (χ2v) is 4.04. The molecule has 4 N–H and O–H groups in total. The number of nitrogens with two attached hydrogens (primary N) is 2. The lowest BCUT2D eigenvalue weighted by atomic mass is 10.1. The number of halogens is 4. The number of anilines is 1. The Morgan fingerprint density at radius 3 is 2.36 bits per heavy atom. The van der Waals surface area contributed by atoms with Crippen LogP contribution in [0.5, 0.6) is 0 Å². The Hall–Kier alpha value is -0.500. The molecule has 0 radical (unpaired) electrons. The van der Waals surface area contributed by atoms with Gasteiger partial charge in [-0.3, -0.25) is 0 Å². The van der Waals surface area contributed by atoms with Gasteiger partial charge < -0.3 is 11.5 Å². The fourth-order valence-corrected chi connectivity index (χ4v) is 1.51. The van der Waals surface area contributed by atoms with Gasteiger partial charge in [0.1, 0.15) is 6.04 Å². The number of alkyl halides is 3. The molecule has 0 amide bonds. The van der Waals surface area contributed by atoms with E-state index >= 15 is 0 Å². The summed E-state index contributed by atoms with van der Waals surface area (Å²) in [5.74, 6) is 0. The van der Waals surface area contributed by atoms with Gasteiger partial charge in [0.25, 0.3) is 0 Å². The highest BCUT2D eigenvalue weighted by atomic mass is 127. The molecule has 1 aromatic carbocycles. The SMILES string of the molecule is Nc1ccc(I)cc1[C@@H](N)C(F)(F)F. The van der Waals surface area contributed by atoms with Gasteiger partial charge in [0, 0.05) is 14.8 Å². The largest absolute Gasteiger partial charge is 0.407 e. The Kier molecular flexibility index (Phi) is 3.25. The zero-order chi connectivity index (χ0) is 10.9. The van der Waals surface area contributed by atoms with Crippen LogP contribution in [0.15, 0.2) is 18.2 Å². The number of benzene rings is 1. The molecule has 0 aromatic heterocycles. The first-order valence-corrected chi connectivity index (χ1v) is 4.77. The second kappa shape index (κ2) is 3.93. The van der Waals surface area contributed by atoms with Crippen molar-refractivity contribution in [3.63, 3.8) is 0 Å². The lowest BCUT2D eigenvalue weighted by Gasteiger charge is -2.17. The van der Waals surface area contributed by atoms with Crippen LogP contribution in [0, 0.1) is 3.57 Å². The average molecular weight is 316 g/mol. The summed E-state index contributed by atoms with van der Waals surface area (Å²) in [5.41, 5.74) is 10.4. The highest BCUT2D eigenvalue weighted by molar-refractivity contribution is 14.1. The van der Waals surface area contributed by atoms with Crippen molar-refractivity contribution in [1.82, 2.24) is 0 Å². The monoisotopic (exact) mass is 316 g/mol. The van der Waals surface area contributed by atoms with Crippen LogP contribution >= 0.6 is 22.6 Å². The van der Waals surface area contributed by atoms with E-state index in [4.69, 9.17) is 11.5 Å². The van der Waals surface area contributed by atoms with Gasteiger partial charge >= 0.3 is 6.18 Å². The molecule has 2 nitrogen and oxygen atoms in total. The summed E-state index contributed by atoms with van der Waals surface area (Å²) < 4.78 is 37.5. The third kappa shape index (κ3) is 2.50. The van der Waals surface area contributed by atoms with E-state index < -0.39 is 12.2 Å². The fraction of sp³-hybridized carbons (Fsp3) is 0.250. The van der Waals surface area contributed by atoms with Crippen LogP contribution < -0.4 is 11.5 Å². The van der Waals surface area contributed by atoms with Crippen molar-refractivity contribution in [1.29, 1.82) is 0 Å². The molecule has 78 valence electrons. The molecule has 0 bridgehead atoms.